The number of benzene rings is 7. The molecule has 692 valence electrons. The minimum absolute atomic E-state index is 0.0521. The van der Waals surface area contributed by atoms with Crippen LogP contribution in [0, 0.1) is 25.7 Å². The third-order valence-corrected chi connectivity index (χ3v) is 30.5. The van der Waals surface area contributed by atoms with E-state index in [9.17, 15) is 46.2 Å². The van der Waals surface area contributed by atoms with Gasteiger partial charge < -0.3 is 86.0 Å². The minimum Gasteiger partial charge on any atom is -0.506 e. The first-order valence-electron chi connectivity index (χ1n) is 41.9. The monoisotopic (exact) mass is 2000 g/mol. The third kappa shape index (κ3) is 23.0. The molecule has 2 unspecified atom stereocenters. The zero-order chi connectivity index (χ0) is 91.7. The number of aryl methyl sites for hydroxylation is 2. The van der Waals surface area contributed by atoms with E-state index in [4.69, 9.17) is 107 Å². The summed E-state index contributed by atoms with van der Waals surface area (Å²) in [6, 6.07) is 40.9. The Morgan fingerprint density at radius 2 is 1.20 bits per heavy atom. The number of carbonyl (C=O) groups is 5. The number of ketones is 1. The average molecular weight is 2000 g/mol. The van der Waals surface area contributed by atoms with Crippen LogP contribution in [-0.4, -0.2) is 227 Å². The number of phenols is 1. The van der Waals surface area contributed by atoms with E-state index in [0.717, 1.165) is 36.4 Å². The van der Waals surface area contributed by atoms with E-state index in [1.165, 1.54) is 45.2 Å². The Morgan fingerprint density at radius 3 is 1.70 bits per heavy atom. The Morgan fingerprint density at radius 1 is 0.656 bits per heavy atom. The summed E-state index contributed by atoms with van der Waals surface area (Å²) in [6.07, 6.45) is -19.7. The van der Waals surface area contributed by atoms with Crippen LogP contribution >= 0.6 is 69.3 Å². The highest BCUT2D eigenvalue weighted by molar-refractivity contribution is 14.1. The van der Waals surface area contributed by atoms with E-state index in [1.807, 2.05) is 35.6 Å². The lowest BCUT2D eigenvalue weighted by atomic mass is 9.74. The topological polar surface area (TPSA) is 360 Å². The second-order valence-electron chi connectivity index (χ2n) is 32.6. The van der Waals surface area contributed by atoms with Gasteiger partial charge in [-0.25, -0.2) is 0 Å². The number of Topliss-reactive ketones (excluding diaryl/α,β-unsaturated/α-hetero) is 1. The normalized spacial score (nSPS) is 28.1. The van der Waals surface area contributed by atoms with Gasteiger partial charge in [0, 0.05) is 48.7 Å². The van der Waals surface area contributed by atoms with Crippen molar-refractivity contribution in [3.8, 4) is 23.0 Å². The quantitative estimate of drug-likeness (QED) is 0.00920. The zero-order valence-electron chi connectivity index (χ0n) is 72.2. The Labute approximate surface area is 776 Å². The Kier molecular flexibility index (Phi) is 33.1. The first-order chi connectivity index (χ1) is 61.1. The number of phenolic OH excluding ortho intramolecular Hbond substituents is 1. The molecular weight excluding hydrogens is 1900 g/mol. The van der Waals surface area contributed by atoms with Gasteiger partial charge in [-0.05, 0) is 150 Å². The van der Waals surface area contributed by atoms with E-state index in [0.29, 0.717) is 56.2 Å². The number of carbonyl (C=O) groups excluding carboxylic acids is 5. The standard InChI is InChI=1S/C92H105Cl2IO29S4/c1-12-13-40-109-60-42-57-41-58-43-65(77(108-11)80(114-55(8)96)75-53(6)123-92(124-75)38-20-21-39-92)76(74(100)72(58)73(99)71(57)66(44-60)110-47-56-30-32-59(107-10)33-31-56)119-88-83(125-61-22-16-14-17-23-61)81(78(117-69(97)45-93)67(115-88)48-111-127(103,104)63-34-26-51(4)27-35-63)120-89-84(126-62-24-18-15-19-25-62)82(121-90-85(95)91(9,102)86(54(7)113-90)122-87(101)50(2)3)79(118-70(98)46-94)68(116-89)49-112-128(105,106)64-36-28-52(5)29-37-64/h12-19,22-37,41-42,44,50,53-54,65,67-68,75-86,88-90,99,102H,20-21,38-40,43,45-49H2,1-11H3/b13-12+/t53-,54+,65?,67-,68-,75+,76?,77+,78-,79-,80+,81+,82+,83-,84-,85+,86+,88+,89+,90+,91+/m1/s1. The predicted molar refractivity (Wildman–Crippen MR) is 479 cm³/mol. The summed E-state index contributed by atoms with van der Waals surface area (Å²) < 4.78 is 177. The molecule has 6 aliphatic rings. The summed E-state index contributed by atoms with van der Waals surface area (Å²) in [5.74, 6) is -8.72. The van der Waals surface area contributed by atoms with Crippen molar-refractivity contribution in [1.29, 1.82) is 0 Å². The second-order valence-corrected chi connectivity index (χ2v) is 40.2. The fourth-order valence-electron chi connectivity index (χ4n) is 16.7. The minimum atomic E-state index is -4.85. The number of thioether (sulfide) groups is 2. The number of allylic oxidation sites excluding steroid dienone is 1. The molecule has 0 aromatic heterocycles. The van der Waals surface area contributed by atoms with Gasteiger partial charge in [-0.3, -0.25) is 32.3 Å². The molecule has 0 bridgehead atoms. The molecule has 21 atom stereocenters. The number of halogens is 3. The van der Waals surface area contributed by atoms with Crippen molar-refractivity contribution in [3.63, 3.8) is 0 Å². The molecular formula is C92H105Cl2IO29S4. The van der Waals surface area contributed by atoms with Crippen LogP contribution in [0.2, 0.25) is 0 Å². The van der Waals surface area contributed by atoms with E-state index in [-0.39, 0.29) is 51.7 Å². The van der Waals surface area contributed by atoms with Gasteiger partial charge in [0.15, 0.2) is 54.9 Å². The number of aromatic hydroxyl groups is 1. The molecule has 36 heteroatoms. The van der Waals surface area contributed by atoms with Gasteiger partial charge in [-0.2, -0.15) is 16.8 Å². The number of hydrogen-bond acceptors (Lipinski definition) is 31. The Balaban J connectivity index is 1.02. The number of hydrogen-bond donors (Lipinski definition) is 2. The van der Waals surface area contributed by atoms with Crippen molar-refractivity contribution in [2.24, 2.45) is 11.8 Å². The van der Waals surface area contributed by atoms with Crippen LogP contribution in [0.15, 0.2) is 183 Å². The van der Waals surface area contributed by atoms with Crippen molar-refractivity contribution in [2.45, 2.75) is 245 Å². The van der Waals surface area contributed by atoms with Gasteiger partial charge in [0.2, 0.25) is 0 Å². The number of aliphatic hydroxyl groups is 1. The maximum Gasteiger partial charge on any atom is 0.321 e. The fourth-order valence-corrected chi connectivity index (χ4v) is 21.8. The summed E-state index contributed by atoms with van der Waals surface area (Å²) >= 11 is 16.8. The molecule has 0 amide bonds. The summed E-state index contributed by atoms with van der Waals surface area (Å²) in [7, 11) is -6.73. The molecule has 4 aliphatic heterocycles. The van der Waals surface area contributed by atoms with E-state index < -0.39 is 216 Å². The van der Waals surface area contributed by atoms with Crippen molar-refractivity contribution in [3.05, 3.63) is 192 Å². The number of esters is 4. The Bertz CT molecular complexity index is 5270. The average Bonchev–Trinajstić information content (AvgIpc) is 0.977. The van der Waals surface area contributed by atoms with Crippen molar-refractivity contribution < 1.29 is 135 Å². The van der Waals surface area contributed by atoms with Gasteiger partial charge >= 0.3 is 23.9 Å². The molecule has 7 aromatic carbocycles. The van der Waals surface area contributed by atoms with E-state index >= 15 is 4.79 Å². The number of fused-ring (bicyclic) bond motifs is 2. The lowest BCUT2D eigenvalue weighted by molar-refractivity contribution is -0.334. The summed E-state index contributed by atoms with van der Waals surface area (Å²) in [5.41, 5.74) is 0.131. The maximum atomic E-state index is 17.2. The number of rotatable bonds is 36. The van der Waals surface area contributed by atoms with Gasteiger partial charge in [-0.15, -0.1) is 46.7 Å². The number of methoxy groups -OCH3 is 2. The molecule has 128 heavy (non-hydrogen) atoms. The van der Waals surface area contributed by atoms with Crippen LogP contribution in [0.25, 0.3) is 10.8 Å². The predicted octanol–water partition coefficient (Wildman–Crippen LogP) is 14.0. The first kappa shape index (κ1) is 98.2. The van der Waals surface area contributed by atoms with E-state index in [1.54, 1.807) is 182 Å². The molecule has 5 fully saturated rings. The molecule has 1 saturated carbocycles. The van der Waals surface area contributed by atoms with Crippen LogP contribution in [0.4, 0.5) is 0 Å². The molecule has 29 nitrogen and oxygen atoms in total. The van der Waals surface area contributed by atoms with Gasteiger partial charge in [-0.1, -0.05) is 133 Å². The summed E-state index contributed by atoms with van der Waals surface area (Å²) in [4.78, 5) is 73.8. The number of alkyl halides is 3. The molecule has 0 radical (unpaired) electrons. The van der Waals surface area contributed by atoms with Crippen LogP contribution in [0.3, 0.4) is 0 Å². The third-order valence-electron chi connectivity index (χ3n) is 23.0. The molecule has 7 aromatic rings. The lowest BCUT2D eigenvalue weighted by Gasteiger charge is -2.52. The molecule has 4 heterocycles. The molecule has 4 saturated heterocycles. The van der Waals surface area contributed by atoms with Crippen molar-refractivity contribution in [2.75, 3.05) is 45.8 Å². The Hall–Kier alpha value is -7.28. The highest BCUT2D eigenvalue weighted by Gasteiger charge is 2.62. The highest BCUT2D eigenvalue weighted by atomic mass is 127. The smallest absolute Gasteiger partial charge is 0.321 e. The second kappa shape index (κ2) is 43.2. The SMILES string of the molecule is C/C=C/COc1cc(OCc2ccc(OC)cc2)c2c(O)c3c(cc2c1)CC([C@H](OC)[C@@H](OC(C)=O)[C@H]1OC2(CCCC2)O[C@@H]1C)C(O[C@@H]1O[C@H](COS(=O)(=O)c2ccc(C)cc2)[C@@H](OC(=O)CCl)[C@H](O[C@@H]2O[C@H](COS(=O)(=O)c4ccc(C)cc4)[C@@H](OC(=O)CCl)[C@H](O[C@@H]4O[C@@H](C)[C@H](OC(=O)C(C)C)[C@@](C)(O)[C@H]4I)[C@H]2Sc2ccccc2)[C@H]1Sc1ccccc1)C3=O. The maximum absolute atomic E-state index is 17.2. The van der Waals surface area contributed by atoms with Crippen molar-refractivity contribution in [1.82, 2.24) is 0 Å². The van der Waals surface area contributed by atoms with Crippen LogP contribution in [0.1, 0.15) is 107 Å². The first-order valence-corrected chi connectivity index (χ1v) is 48.8. The van der Waals surface area contributed by atoms with Crippen LogP contribution in [0.5, 0.6) is 23.0 Å². The van der Waals surface area contributed by atoms with Crippen LogP contribution in [-0.2, 0) is 122 Å². The van der Waals surface area contributed by atoms with Crippen LogP contribution < -0.4 is 14.2 Å². The fraction of sp³-hybridized carbons (Fsp3) is 0.489. The van der Waals surface area contributed by atoms with Gasteiger partial charge in [0.25, 0.3) is 20.2 Å². The van der Waals surface area contributed by atoms with Gasteiger partial charge in [0.05, 0.1) is 73.6 Å². The number of ether oxygens (including phenoxy) is 16. The molecule has 1 spiro atoms. The molecule has 2 aliphatic carbocycles. The van der Waals surface area contributed by atoms with E-state index in [2.05, 4.69) is 0 Å². The largest absolute Gasteiger partial charge is 0.506 e. The molecule has 2 N–H and O–H groups in total. The summed E-state index contributed by atoms with van der Waals surface area (Å²) in [6.45, 7) is 12.6. The lowest BCUT2D eigenvalue weighted by Crippen LogP contribution is -2.68. The molecule has 13 rings (SSSR count). The highest BCUT2D eigenvalue weighted by Crippen LogP contribution is 2.52. The van der Waals surface area contributed by atoms with Crippen molar-refractivity contribution >= 4 is 130 Å². The zero-order valence-corrected chi connectivity index (χ0v) is 79.1. The van der Waals surface area contributed by atoms with Gasteiger partial charge in [0.1, 0.15) is 96.3 Å². The summed E-state index contributed by atoms with van der Waals surface area (Å²) in [5, 5.41) is 23.6.